The molecule has 30 heavy (non-hydrogen) atoms. The number of nitrogens with zero attached hydrogens (tertiary/aromatic N) is 3. The lowest BCUT2D eigenvalue weighted by Crippen LogP contribution is -2.42. The molecule has 0 bridgehead atoms. The summed E-state index contributed by atoms with van der Waals surface area (Å²) >= 11 is 13.5. The SMILES string of the molecule is CCOC(=O)C(=O)N1CCC2(C1)CN(C(=O)Cc1ncc(Cl)s1)c1ccc(Cl)cc12. The Kier molecular flexibility index (Phi) is 5.74. The first-order valence-electron chi connectivity index (χ1n) is 9.49. The molecule has 2 amide bonds. The van der Waals surface area contributed by atoms with Crippen LogP contribution >= 0.6 is 34.5 Å². The smallest absolute Gasteiger partial charge is 0.397 e. The molecule has 1 aromatic heterocycles. The monoisotopic (exact) mass is 467 g/mol. The fourth-order valence-corrected chi connectivity index (χ4v) is 5.29. The minimum Gasteiger partial charge on any atom is -0.459 e. The molecule has 2 aliphatic rings. The molecule has 0 radical (unpaired) electrons. The first-order chi connectivity index (χ1) is 14.3. The predicted molar refractivity (Wildman–Crippen MR) is 114 cm³/mol. The second-order valence-electron chi connectivity index (χ2n) is 7.35. The maximum absolute atomic E-state index is 13.1. The van der Waals surface area contributed by atoms with Gasteiger partial charge in [-0.25, -0.2) is 9.78 Å². The Hall–Kier alpha value is -2.16. The number of rotatable bonds is 3. The van der Waals surface area contributed by atoms with E-state index in [4.69, 9.17) is 27.9 Å². The zero-order chi connectivity index (χ0) is 21.5. The molecule has 2 aliphatic heterocycles. The van der Waals surface area contributed by atoms with Crippen molar-refractivity contribution in [1.29, 1.82) is 0 Å². The predicted octanol–water partition coefficient (Wildman–Crippen LogP) is 3.07. The van der Waals surface area contributed by atoms with Crippen LogP contribution in [0.2, 0.25) is 9.36 Å². The van der Waals surface area contributed by atoms with Crippen LogP contribution in [0.5, 0.6) is 0 Å². The van der Waals surface area contributed by atoms with Crippen LogP contribution in [-0.4, -0.2) is 53.9 Å². The van der Waals surface area contributed by atoms with Crippen molar-refractivity contribution >= 4 is 58.0 Å². The maximum Gasteiger partial charge on any atom is 0.397 e. The van der Waals surface area contributed by atoms with Crippen LogP contribution in [-0.2, 0) is 31.0 Å². The quantitative estimate of drug-likeness (QED) is 0.511. The van der Waals surface area contributed by atoms with Crippen LogP contribution in [0.25, 0.3) is 0 Å². The summed E-state index contributed by atoms with van der Waals surface area (Å²) in [5.74, 6) is -1.61. The van der Waals surface area contributed by atoms with Crippen LogP contribution in [0.1, 0.15) is 23.9 Å². The van der Waals surface area contributed by atoms with Crippen molar-refractivity contribution < 1.29 is 19.1 Å². The Morgan fingerprint density at radius 3 is 2.77 bits per heavy atom. The van der Waals surface area contributed by atoms with Gasteiger partial charge in [-0.3, -0.25) is 9.59 Å². The molecule has 0 saturated carbocycles. The zero-order valence-corrected chi connectivity index (χ0v) is 18.5. The highest BCUT2D eigenvalue weighted by Crippen LogP contribution is 2.47. The van der Waals surface area contributed by atoms with Gasteiger partial charge in [-0.05, 0) is 37.1 Å². The molecular weight excluding hydrogens is 449 g/mol. The topological polar surface area (TPSA) is 79.8 Å². The molecule has 4 rings (SSSR count). The van der Waals surface area contributed by atoms with E-state index < -0.39 is 17.3 Å². The number of aromatic nitrogens is 1. The Balaban J connectivity index is 1.60. The summed E-state index contributed by atoms with van der Waals surface area (Å²) < 4.78 is 5.39. The number of halogens is 2. The Bertz CT molecular complexity index is 1030. The van der Waals surface area contributed by atoms with E-state index in [0.717, 1.165) is 11.3 Å². The largest absolute Gasteiger partial charge is 0.459 e. The first kappa shape index (κ1) is 21.1. The summed E-state index contributed by atoms with van der Waals surface area (Å²) in [7, 11) is 0. The van der Waals surface area contributed by atoms with E-state index in [1.54, 1.807) is 17.9 Å². The molecular formula is C20H19Cl2N3O4S. The lowest BCUT2D eigenvalue weighted by Gasteiger charge is -2.25. The summed E-state index contributed by atoms with van der Waals surface area (Å²) in [5, 5.41) is 1.20. The molecule has 1 saturated heterocycles. The number of ether oxygens (including phenoxy) is 1. The standard InChI is InChI=1S/C20H19Cl2N3O4S/c1-2-29-19(28)18(27)24-6-5-20(10-24)11-25(14-4-3-12(21)7-13(14)20)17(26)8-16-23-9-15(22)30-16/h3-4,7,9H,2,5-6,8,10-11H2,1H3. The highest BCUT2D eigenvalue weighted by molar-refractivity contribution is 7.15. The van der Waals surface area contributed by atoms with Crippen LogP contribution < -0.4 is 4.90 Å². The van der Waals surface area contributed by atoms with Gasteiger partial charge in [-0.15, -0.1) is 11.3 Å². The van der Waals surface area contributed by atoms with E-state index in [9.17, 15) is 14.4 Å². The van der Waals surface area contributed by atoms with Crippen molar-refractivity contribution in [2.75, 3.05) is 31.1 Å². The van der Waals surface area contributed by atoms with Gasteiger partial charge in [0, 0.05) is 35.8 Å². The number of fused-ring (bicyclic) bond motifs is 2. The lowest BCUT2D eigenvalue weighted by molar-refractivity contribution is -0.159. The van der Waals surface area contributed by atoms with Gasteiger partial charge in [0.25, 0.3) is 0 Å². The summed E-state index contributed by atoms with van der Waals surface area (Å²) in [5.41, 5.74) is 1.22. The highest BCUT2D eigenvalue weighted by Gasteiger charge is 2.50. The van der Waals surface area contributed by atoms with Crippen molar-refractivity contribution in [1.82, 2.24) is 9.88 Å². The number of carbonyl (C=O) groups excluding carboxylic acids is 3. The number of anilines is 1. The number of carbonyl (C=O) groups is 3. The fourth-order valence-electron chi connectivity index (χ4n) is 4.18. The molecule has 10 heteroatoms. The number of thiazole rings is 1. The van der Waals surface area contributed by atoms with Crippen LogP contribution in [0, 0.1) is 0 Å². The van der Waals surface area contributed by atoms with Gasteiger partial charge in [0.1, 0.15) is 9.34 Å². The third-order valence-corrected chi connectivity index (χ3v) is 6.85. The molecule has 1 aromatic carbocycles. The second kappa shape index (κ2) is 8.17. The summed E-state index contributed by atoms with van der Waals surface area (Å²) in [6, 6.07) is 5.42. The number of amides is 2. The van der Waals surface area contributed by atoms with E-state index in [2.05, 4.69) is 4.98 Å². The van der Waals surface area contributed by atoms with Crippen molar-refractivity contribution in [2.45, 2.75) is 25.2 Å². The van der Waals surface area contributed by atoms with Gasteiger partial charge in [0.05, 0.1) is 19.2 Å². The van der Waals surface area contributed by atoms with E-state index in [0.29, 0.717) is 40.4 Å². The van der Waals surface area contributed by atoms with Gasteiger partial charge in [-0.1, -0.05) is 23.2 Å². The zero-order valence-electron chi connectivity index (χ0n) is 16.2. The molecule has 3 heterocycles. The second-order valence-corrected chi connectivity index (χ2v) is 9.54. The molecule has 158 valence electrons. The van der Waals surface area contributed by atoms with Gasteiger partial charge in [0.2, 0.25) is 5.91 Å². The normalized spacial score (nSPS) is 20.0. The molecule has 0 N–H and O–H groups in total. The van der Waals surface area contributed by atoms with E-state index in [1.165, 1.54) is 22.4 Å². The lowest BCUT2D eigenvalue weighted by atomic mass is 9.81. The average Bonchev–Trinajstić information content (AvgIpc) is 3.40. The number of hydrogen-bond acceptors (Lipinski definition) is 6. The fraction of sp³-hybridized carbons (Fsp3) is 0.400. The van der Waals surface area contributed by atoms with Gasteiger partial charge >= 0.3 is 11.9 Å². The van der Waals surface area contributed by atoms with E-state index in [-0.39, 0.29) is 18.9 Å². The summed E-state index contributed by atoms with van der Waals surface area (Å²) in [6.45, 7) is 2.95. The Labute approximate surface area is 187 Å². The van der Waals surface area contributed by atoms with Crippen molar-refractivity contribution in [3.05, 3.63) is 44.3 Å². The minimum absolute atomic E-state index is 0.100. The highest BCUT2D eigenvalue weighted by atomic mass is 35.5. The molecule has 2 aromatic rings. The minimum atomic E-state index is -0.854. The van der Waals surface area contributed by atoms with Gasteiger partial charge in [-0.2, -0.15) is 0 Å². The number of hydrogen-bond donors (Lipinski definition) is 0. The molecule has 7 nitrogen and oxygen atoms in total. The molecule has 0 aliphatic carbocycles. The van der Waals surface area contributed by atoms with E-state index in [1.807, 2.05) is 12.1 Å². The summed E-state index contributed by atoms with van der Waals surface area (Å²) in [4.78, 5) is 44.8. The van der Waals surface area contributed by atoms with Gasteiger partial charge in [0.15, 0.2) is 0 Å². The van der Waals surface area contributed by atoms with Crippen molar-refractivity contribution in [2.24, 2.45) is 0 Å². The number of likely N-dealkylation sites (tertiary alicyclic amines) is 1. The molecule has 1 unspecified atom stereocenters. The van der Waals surface area contributed by atoms with Crippen LogP contribution in [0.3, 0.4) is 0 Å². The van der Waals surface area contributed by atoms with E-state index >= 15 is 0 Å². The van der Waals surface area contributed by atoms with Crippen LogP contribution in [0.4, 0.5) is 5.69 Å². The van der Waals surface area contributed by atoms with Gasteiger partial charge < -0.3 is 14.5 Å². The average molecular weight is 468 g/mol. The van der Waals surface area contributed by atoms with Crippen molar-refractivity contribution in [3.8, 4) is 0 Å². The summed E-state index contributed by atoms with van der Waals surface area (Å²) in [6.07, 6.45) is 2.29. The molecule has 1 atom stereocenters. The first-order valence-corrected chi connectivity index (χ1v) is 11.1. The van der Waals surface area contributed by atoms with Crippen molar-refractivity contribution in [3.63, 3.8) is 0 Å². The molecule has 1 spiro atoms. The number of esters is 1. The Morgan fingerprint density at radius 1 is 1.27 bits per heavy atom. The van der Waals surface area contributed by atoms with Crippen LogP contribution in [0.15, 0.2) is 24.4 Å². The third-order valence-electron chi connectivity index (χ3n) is 5.50. The third kappa shape index (κ3) is 3.79. The number of benzene rings is 1. The maximum atomic E-state index is 13.1. The Morgan fingerprint density at radius 2 is 2.07 bits per heavy atom. The molecule has 1 fully saturated rings.